The van der Waals surface area contributed by atoms with Crippen LogP contribution >= 0.6 is 0 Å². The van der Waals surface area contributed by atoms with Gasteiger partial charge in [0, 0.05) is 27.6 Å². The molecule has 0 saturated heterocycles. The van der Waals surface area contributed by atoms with Crippen molar-refractivity contribution in [3.8, 4) is 72.4 Å². The van der Waals surface area contributed by atoms with Gasteiger partial charge in [0.1, 0.15) is 12.6 Å². The normalized spacial score (nSPS) is 11.2. The molecule has 0 amide bonds. The van der Waals surface area contributed by atoms with E-state index in [0.717, 1.165) is 90.1 Å². The molecule has 9 aromatic carbocycles. The van der Waals surface area contributed by atoms with Crippen LogP contribution < -0.4 is 0 Å². The minimum atomic E-state index is 0.590. The lowest BCUT2D eigenvalue weighted by Gasteiger charge is -2.29. The molecule has 0 radical (unpaired) electrons. The summed E-state index contributed by atoms with van der Waals surface area (Å²) in [6.07, 6.45) is 1.73. The van der Waals surface area contributed by atoms with E-state index < -0.39 is 0 Å². The molecule has 1 heterocycles. The highest BCUT2D eigenvalue weighted by Gasteiger charge is 2.29. The van der Waals surface area contributed by atoms with Gasteiger partial charge in [0.15, 0.2) is 0 Å². The predicted molar refractivity (Wildman–Crippen MR) is 244 cm³/mol. The van der Waals surface area contributed by atoms with E-state index in [4.69, 9.17) is 0 Å². The van der Waals surface area contributed by atoms with Crippen molar-refractivity contribution in [1.29, 1.82) is 0 Å². The Kier molecular flexibility index (Phi) is 9.17. The van der Waals surface area contributed by atoms with Crippen LogP contribution in [-0.4, -0.2) is 17.1 Å². The second-order valence-electron chi connectivity index (χ2n) is 14.8. The van der Waals surface area contributed by atoms with Crippen LogP contribution in [0.5, 0.6) is 0 Å². The molecule has 0 aliphatic heterocycles. The van der Waals surface area contributed by atoms with Crippen LogP contribution in [0.4, 0.5) is 0 Å². The van der Waals surface area contributed by atoms with Gasteiger partial charge in [-0.1, -0.05) is 164 Å². The number of nitrogens with zero attached hydrogens (tertiary/aromatic N) is 1. The van der Waals surface area contributed by atoms with E-state index >= 15 is 0 Å². The molecule has 59 heavy (non-hydrogen) atoms. The molecule has 0 N–H and O–H groups in total. The number of benzene rings is 9. The molecule has 278 valence electrons. The zero-order valence-electron chi connectivity index (χ0n) is 32.1. The Balaban J connectivity index is 1.35. The van der Waals surface area contributed by atoms with Crippen LogP contribution in [0.25, 0.3) is 94.3 Å². The van der Waals surface area contributed by atoms with Gasteiger partial charge in [-0.3, -0.25) is 9.59 Å². The van der Waals surface area contributed by atoms with Gasteiger partial charge >= 0.3 is 0 Å². The van der Waals surface area contributed by atoms with Gasteiger partial charge in [-0.15, -0.1) is 0 Å². The van der Waals surface area contributed by atoms with Crippen molar-refractivity contribution < 1.29 is 9.59 Å². The van der Waals surface area contributed by atoms with E-state index in [1.165, 1.54) is 16.7 Å². The lowest BCUT2D eigenvalue weighted by Crippen LogP contribution is -2.02. The van der Waals surface area contributed by atoms with Crippen molar-refractivity contribution in [2.45, 2.75) is 0 Å². The number of fused-ring (bicyclic) bond motifs is 3. The Bertz CT molecular complexity index is 2970. The van der Waals surface area contributed by atoms with Crippen LogP contribution in [0.2, 0.25) is 0 Å². The fourth-order valence-corrected chi connectivity index (χ4v) is 8.77. The van der Waals surface area contributed by atoms with Gasteiger partial charge in [0.05, 0.1) is 11.0 Å². The van der Waals surface area contributed by atoms with Gasteiger partial charge in [-0.2, -0.15) is 0 Å². The lowest BCUT2D eigenvalue weighted by atomic mass is 9.74. The highest BCUT2D eigenvalue weighted by Crippen LogP contribution is 2.55. The Morgan fingerprint density at radius 2 is 0.559 bits per heavy atom. The summed E-state index contributed by atoms with van der Waals surface area (Å²) in [7, 11) is 0. The smallest absolute Gasteiger partial charge is 0.150 e. The van der Waals surface area contributed by atoms with Crippen molar-refractivity contribution in [1.82, 2.24) is 4.57 Å². The van der Waals surface area contributed by atoms with E-state index in [0.29, 0.717) is 11.1 Å². The summed E-state index contributed by atoms with van der Waals surface area (Å²) < 4.78 is 2.22. The number of hydrogen-bond acceptors (Lipinski definition) is 2. The molecule has 0 saturated carbocycles. The van der Waals surface area contributed by atoms with Gasteiger partial charge in [0.2, 0.25) is 0 Å². The minimum absolute atomic E-state index is 0.590. The molecule has 3 nitrogen and oxygen atoms in total. The zero-order valence-corrected chi connectivity index (χ0v) is 32.1. The van der Waals surface area contributed by atoms with Crippen LogP contribution in [0.15, 0.2) is 212 Å². The molecular weight excluding hydrogens is 719 g/mol. The summed E-state index contributed by atoms with van der Waals surface area (Å²) >= 11 is 0. The lowest BCUT2D eigenvalue weighted by molar-refractivity contribution is 0.111. The molecule has 3 heteroatoms. The highest BCUT2D eigenvalue weighted by molar-refractivity contribution is 6.15. The summed E-state index contributed by atoms with van der Waals surface area (Å²) in [4.78, 5) is 23.8. The van der Waals surface area contributed by atoms with E-state index in [-0.39, 0.29) is 0 Å². The third-order valence-electron chi connectivity index (χ3n) is 11.3. The largest absolute Gasteiger partial charge is 0.309 e. The highest BCUT2D eigenvalue weighted by atomic mass is 16.1. The number of carbonyl (C=O) groups excluding carboxylic acids is 2. The van der Waals surface area contributed by atoms with Crippen molar-refractivity contribution in [3.63, 3.8) is 0 Å². The number of aromatic nitrogens is 1. The van der Waals surface area contributed by atoms with Crippen molar-refractivity contribution >= 4 is 34.4 Å². The van der Waals surface area contributed by atoms with Crippen LogP contribution in [-0.2, 0) is 0 Å². The van der Waals surface area contributed by atoms with E-state index in [9.17, 15) is 9.59 Å². The number of aldehydes is 2. The van der Waals surface area contributed by atoms with Gasteiger partial charge in [-0.25, -0.2) is 0 Å². The zero-order chi connectivity index (χ0) is 39.7. The average molecular weight is 756 g/mol. The third-order valence-corrected chi connectivity index (χ3v) is 11.3. The standard InChI is InChI=1S/C56H37NO2/c58-36-38-26-32-49-47(34-38)48-35-39(37-59)27-33-50(48)57(49)46-30-28-45(29-31-46)56-54(43-22-12-4-13-23-43)52(41-18-8-2-9-19-41)51(40-16-6-1-7-17-40)53(42-20-10-3-11-21-42)55(56)44-24-14-5-15-25-44/h1-37H. The predicted octanol–water partition coefficient (Wildman–Crippen LogP) is 14.4. The second-order valence-corrected chi connectivity index (χ2v) is 14.8. The summed E-state index contributed by atoms with van der Waals surface area (Å²) in [6.45, 7) is 0. The van der Waals surface area contributed by atoms with Crippen molar-refractivity contribution in [2.75, 3.05) is 0 Å². The van der Waals surface area contributed by atoms with E-state index in [1.54, 1.807) is 0 Å². The molecule has 0 fully saturated rings. The summed E-state index contributed by atoms with van der Waals surface area (Å²) in [5, 5.41) is 1.85. The maximum Gasteiger partial charge on any atom is 0.150 e. The Morgan fingerprint density at radius 1 is 0.288 bits per heavy atom. The Labute approximate surface area is 343 Å². The van der Waals surface area contributed by atoms with E-state index in [2.05, 4.69) is 180 Å². The topological polar surface area (TPSA) is 39.1 Å². The first-order chi connectivity index (χ1) is 29.2. The number of rotatable bonds is 9. The third kappa shape index (κ3) is 6.26. The molecule has 0 unspecified atom stereocenters. The first-order valence-electron chi connectivity index (χ1n) is 19.8. The maximum atomic E-state index is 11.9. The number of hydrogen-bond donors (Lipinski definition) is 0. The fraction of sp³-hybridized carbons (Fsp3) is 0. The Morgan fingerprint density at radius 3 is 0.831 bits per heavy atom. The first-order valence-corrected chi connectivity index (χ1v) is 19.8. The second kappa shape index (κ2) is 15.2. The molecule has 10 rings (SSSR count). The molecule has 0 aliphatic rings. The molecule has 0 atom stereocenters. The van der Waals surface area contributed by atoms with Crippen molar-refractivity contribution in [2.24, 2.45) is 0 Å². The summed E-state index contributed by atoms with van der Waals surface area (Å²) in [5.41, 5.74) is 17.8. The first kappa shape index (κ1) is 35.5. The fourth-order valence-electron chi connectivity index (χ4n) is 8.77. The van der Waals surface area contributed by atoms with Gasteiger partial charge in [0.25, 0.3) is 0 Å². The molecule has 10 aromatic rings. The van der Waals surface area contributed by atoms with Crippen LogP contribution in [0.1, 0.15) is 20.7 Å². The molecule has 0 bridgehead atoms. The summed E-state index contributed by atoms with van der Waals surface area (Å²) in [6, 6.07) is 74.3. The summed E-state index contributed by atoms with van der Waals surface area (Å²) in [5.74, 6) is 0. The maximum absolute atomic E-state index is 11.9. The molecule has 1 aromatic heterocycles. The molecule has 0 spiro atoms. The van der Waals surface area contributed by atoms with Crippen LogP contribution in [0.3, 0.4) is 0 Å². The minimum Gasteiger partial charge on any atom is -0.309 e. The van der Waals surface area contributed by atoms with Gasteiger partial charge in [-0.05, 0) is 115 Å². The van der Waals surface area contributed by atoms with Gasteiger partial charge < -0.3 is 4.57 Å². The van der Waals surface area contributed by atoms with Crippen LogP contribution in [0, 0.1) is 0 Å². The van der Waals surface area contributed by atoms with Crippen molar-refractivity contribution in [3.05, 3.63) is 223 Å². The molecule has 0 aliphatic carbocycles. The number of carbonyl (C=O) groups is 2. The quantitative estimate of drug-likeness (QED) is 0.138. The Hall–Kier alpha value is -7.88. The average Bonchev–Trinajstić information content (AvgIpc) is 3.64. The molecular formula is C56H37NO2. The SMILES string of the molecule is O=Cc1ccc2c(c1)c1cc(C=O)ccc1n2-c1ccc(-c2c(-c3ccccc3)c(-c3ccccc3)c(-c3ccccc3)c(-c3ccccc3)c2-c2ccccc2)cc1. The monoisotopic (exact) mass is 755 g/mol. The van der Waals surface area contributed by atoms with E-state index in [1.807, 2.05) is 36.4 Å².